The van der Waals surface area contributed by atoms with Crippen LogP contribution in [0.1, 0.15) is 25.1 Å². The SMILES string of the molecule is C=C(C1CC1)N1CC[C@@H](Cc2n[nH]c(=O)n2-c2ccc(-c3ccc4cccnc4c3)cc2)C1. The zero-order chi connectivity index (χ0) is 22.4. The Morgan fingerprint density at radius 3 is 2.70 bits per heavy atom. The lowest BCUT2D eigenvalue weighted by molar-refractivity contribution is 0.382. The van der Waals surface area contributed by atoms with Crippen LogP contribution < -0.4 is 5.69 Å². The number of aromatic nitrogens is 4. The van der Waals surface area contributed by atoms with Gasteiger partial charge in [0.1, 0.15) is 5.82 Å². The van der Waals surface area contributed by atoms with Gasteiger partial charge in [-0.05, 0) is 66.5 Å². The van der Waals surface area contributed by atoms with Crippen molar-refractivity contribution in [3.8, 4) is 16.8 Å². The number of H-pyrrole nitrogens is 1. The first-order valence-corrected chi connectivity index (χ1v) is 11.7. The lowest BCUT2D eigenvalue weighted by Crippen LogP contribution is -2.22. The van der Waals surface area contributed by atoms with E-state index in [-0.39, 0.29) is 5.69 Å². The molecule has 1 saturated carbocycles. The quantitative estimate of drug-likeness (QED) is 0.480. The molecule has 1 N–H and O–H groups in total. The van der Waals surface area contributed by atoms with Crippen LogP contribution in [0.25, 0.3) is 27.7 Å². The van der Waals surface area contributed by atoms with Crippen molar-refractivity contribution in [2.45, 2.75) is 25.7 Å². The maximum Gasteiger partial charge on any atom is 0.347 e. The number of rotatable bonds is 6. The summed E-state index contributed by atoms with van der Waals surface area (Å²) in [5.41, 5.74) is 5.12. The molecule has 0 unspecified atom stereocenters. The van der Waals surface area contributed by atoms with E-state index in [1.165, 1.54) is 18.5 Å². The summed E-state index contributed by atoms with van der Waals surface area (Å²) >= 11 is 0. The molecule has 0 radical (unpaired) electrons. The molecule has 3 heterocycles. The Bertz CT molecular complexity index is 1380. The number of nitrogens with one attached hydrogen (secondary N) is 1. The molecular weight excluding hydrogens is 410 g/mol. The predicted octanol–water partition coefficient (Wildman–Crippen LogP) is 4.56. The smallest absolute Gasteiger partial charge is 0.347 e. The first-order chi connectivity index (χ1) is 16.2. The summed E-state index contributed by atoms with van der Waals surface area (Å²) in [7, 11) is 0. The number of benzene rings is 2. The predicted molar refractivity (Wildman–Crippen MR) is 130 cm³/mol. The largest absolute Gasteiger partial charge is 0.375 e. The second-order valence-electron chi connectivity index (χ2n) is 9.31. The van der Waals surface area contributed by atoms with Gasteiger partial charge in [-0.1, -0.05) is 36.9 Å². The van der Waals surface area contributed by atoms with E-state index in [9.17, 15) is 4.79 Å². The van der Waals surface area contributed by atoms with Crippen LogP contribution in [0.15, 0.2) is 77.9 Å². The minimum atomic E-state index is -0.190. The Hall–Kier alpha value is -3.67. The highest BCUT2D eigenvalue weighted by Crippen LogP contribution is 2.39. The zero-order valence-electron chi connectivity index (χ0n) is 18.6. The van der Waals surface area contributed by atoms with Crippen LogP contribution in [-0.2, 0) is 6.42 Å². The van der Waals surface area contributed by atoms with Crippen molar-refractivity contribution < 1.29 is 0 Å². The number of aromatic amines is 1. The number of hydrogen-bond acceptors (Lipinski definition) is 4. The van der Waals surface area contributed by atoms with Gasteiger partial charge in [-0.25, -0.2) is 14.5 Å². The summed E-state index contributed by atoms with van der Waals surface area (Å²) in [6.07, 6.45) is 6.27. The molecule has 2 aliphatic rings. The molecule has 6 heteroatoms. The molecule has 6 rings (SSSR count). The van der Waals surface area contributed by atoms with Crippen molar-refractivity contribution in [2.75, 3.05) is 13.1 Å². The lowest BCUT2D eigenvalue weighted by atomic mass is 10.0. The van der Waals surface area contributed by atoms with E-state index in [0.717, 1.165) is 59.5 Å². The van der Waals surface area contributed by atoms with Crippen molar-refractivity contribution in [2.24, 2.45) is 11.8 Å². The van der Waals surface area contributed by atoms with E-state index in [0.29, 0.717) is 11.8 Å². The maximum atomic E-state index is 12.6. The molecule has 1 aliphatic heterocycles. The summed E-state index contributed by atoms with van der Waals surface area (Å²) in [6, 6.07) is 18.4. The van der Waals surface area contributed by atoms with Crippen LogP contribution >= 0.6 is 0 Å². The standard InChI is InChI=1S/C27H27N5O/c1-18(20-4-5-20)31-14-12-19(17-31)15-26-29-30-27(33)32(26)24-10-8-21(9-11-24)23-7-6-22-3-2-13-28-25(22)16-23/h2-3,6-11,13,16,19-20H,1,4-5,12,14-15,17H2,(H,30,33)/t19-/m0/s1. The minimum absolute atomic E-state index is 0.190. The Kier molecular flexibility index (Phi) is 4.86. The number of likely N-dealkylation sites (tertiary alicyclic amines) is 1. The highest BCUT2D eigenvalue weighted by atomic mass is 16.1. The van der Waals surface area contributed by atoms with Crippen molar-refractivity contribution >= 4 is 10.9 Å². The van der Waals surface area contributed by atoms with E-state index in [2.05, 4.69) is 63.1 Å². The van der Waals surface area contributed by atoms with Crippen molar-refractivity contribution in [1.82, 2.24) is 24.6 Å². The van der Waals surface area contributed by atoms with Gasteiger partial charge in [-0.15, -0.1) is 0 Å². The lowest BCUT2D eigenvalue weighted by Gasteiger charge is -2.21. The fourth-order valence-corrected chi connectivity index (χ4v) is 4.97. The second-order valence-corrected chi connectivity index (χ2v) is 9.31. The number of fused-ring (bicyclic) bond motifs is 1. The Morgan fingerprint density at radius 1 is 1.06 bits per heavy atom. The third kappa shape index (κ3) is 3.86. The normalized spacial score (nSPS) is 18.2. The molecule has 1 atom stereocenters. The first kappa shape index (κ1) is 20.0. The van der Waals surface area contributed by atoms with Crippen molar-refractivity contribution in [3.63, 3.8) is 0 Å². The highest BCUT2D eigenvalue weighted by molar-refractivity contribution is 5.84. The molecule has 166 valence electrons. The van der Waals surface area contributed by atoms with Gasteiger partial charge in [0.05, 0.1) is 11.2 Å². The van der Waals surface area contributed by atoms with Gasteiger partial charge in [-0.2, -0.15) is 5.10 Å². The van der Waals surface area contributed by atoms with Crippen LogP contribution in [-0.4, -0.2) is 37.7 Å². The molecule has 6 nitrogen and oxygen atoms in total. The monoisotopic (exact) mass is 437 g/mol. The van der Waals surface area contributed by atoms with E-state index in [1.54, 1.807) is 4.57 Å². The summed E-state index contributed by atoms with van der Waals surface area (Å²) in [5, 5.41) is 8.14. The molecule has 1 aliphatic carbocycles. The van der Waals surface area contributed by atoms with Crippen molar-refractivity contribution in [3.05, 3.63) is 89.4 Å². The van der Waals surface area contributed by atoms with Crippen LogP contribution in [0.3, 0.4) is 0 Å². The molecule has 0 spiro atoms. The van der Waals surface area contributed by atoms with E-state index in [4.69, 9.17) is 0 Å². The topological polar surface area (TPSA) is 66.8 Å². The van der Waals surface area contributed by atoms with Gasteiger partial charge in [0.15, 0.2) is 0 Å². The van der Waals surface area contributed by atoms with Crippen LogP contribution in [0.4, 0.5) is 0 Å². The summed E-state index contributed by atoms with van der Waals surface area (Å²) in [5.74, 6) is 1.98. The number of pyridine rings is 1. The fourth-order valence-electron chi connectivity index (χ4n) is 4.97. The third-order valence-corrected chi connectivity index (χ3v) is 7.02. The van der Waals surface area contributed by atoms with Gasteiger partial charge in [0.25, 0.3) is 0 Å². The number of allylic oxidation sites excluding steroid dienone is 1. The first-order valence-electron chi connectivity index (χ1n) is 11.7. The van der Waals surface area contributed by atoms with E-state index < -0.39 is 0 Å². The number of nitrogens with zero attached hydrogens (tertiary/aromatic N) is 4. The van der Waals surface area contributed by atoms with Gasteiger partial charge in [-0.3, -0.25) is 4.98 Å². The summed E-state index contributed by atoms with van der Waals surface area (Å²) < 4.78 is 1.71. The van der Waals surface area contributed by atoms with E-state index in [1.807, 2.05) is 24.4 Å². The third-order valence-electron chi connectivity index (χ3n) is 7.02. The fraction of sp³-hybridized carbons (Fsp3) is 0.296. The molecule has 0 bridgehead atoms. The highest BCUT2D eigenvalue weighted by Gasteiger charge is 2.32. The minimum Gasteiger partial charge on any atom is -0.375 e. The van der Waals surface area contributed by atoms with Gasteiger partial charge in [0.2, 0.25) is 0 Å². The molecule has 4 aromatic rings. The average Bonchev–Trinajstić information content (AvgIpc) is 3.50. The van der Waals surface area contributed by atoms with E-state index >= 15 is 0 Å². The molecule has 2 aromatic carbocycles. The van der Waals surface area contributed by atoms with Crippen LogP contribution in [0, 0.1) is 11.8 Å². The molecule has 0 amide bonds. The molecule has 2 fully saturated rings. The second kappa shape index (κ2) is 8.03. The Balaban J connectivity index is 1.22. The summed E-state index contributed by atoms with van der Waals surface area (Å²) in [4.78, 5) is 19.5. The Morgan fingerprint density at radius 2 is 1.88 bits per heavy atom. The average molecular weight is 438 g/mol. The molecule has 2 aromatic heterocycles. The number of hydrogen-bond donors (Lipinski definition) is 1. The Labute approximate surface area is 192 Å². The molecule has 33 heavy (non-hydrogen) atoms. The van der Waals surface area contributed by atoms with Crippen LogP contribution in [0.2, 0.25) is 0 Å². The summed E-state index contributed by atoms with van der Waals surface area (Å²) in [6.45, 7) is 6.37. The van der Waals surface area contributed by atoms with Crippen molar-refractivity contribution in [1.29, 1.82) is 0 Å². The van der Waals surface area contributed by atoms with Crippen LogP contribution in [0.5, 0.6) is 0 Å². The van der Waals surface area contributed by atoms with Gasteiger partial charge < -0.3 is 4.90 Å². The molecule has 1 saturated heterocycles. The maximum absolute atomic E-state index is 12.6. The zero-order valence-corrected chi connectivity index (χ0v) is 18.6. The molecular formula is C27H27N5O. The van der Waals surface area contributed by atoms with Gasteiger partial charge in [0, 0.05) is 36.8 Å². The van der Waals surface area contributed by atoms with Gasteiger partial charge >= 0.3 is 5.69 Å².